The van der Waals surface area contributed by atoms with Gasteiger partial charge in [-0.1, -0.05) is 29.0 Å². The number of carboxylic acids is 1. The minimum absolute atomic E-state index is 0.000175. The molecule has 1 N–H and O–H groups in total. The van der Waals surface area contributed by atoms with Gasteiger partial charge in [-0.25, -0.2) is 9.78 Å². The van der Waals surface area contributed by atoms with Crippen LogP contribution in [0.1, 0.15) is 21.7 Å². The Morgan fingerprint density at radius 2 is 2.38 bits per heavy atom. The fraction of sp³-hybridized carbons (Fsp3) is 0.231. The summed E-state index contributed by atoms with van der Waals surface area (Å²) in [6.45, 7) is 0.923. The summed E-state index contributed by atoms with van der Waals surface area (Å²) >= 11 is 6.83. The van der Waals surface area contributed by atoms with Crippen LogP contribution in [0.4, 0.5) is 5.13 Å². The Morgan fingerprint density at radius 1 is 1.57 bits per heavy atom. The second kappa shape index (κ2) is 7.02. The van der Waals surface area contributed by atoms with Crippen molar-refractivity contribution in [1.82, 2.24) is 9.97 Å². The van der Waals surface area contributed by atoms with Crippen LogP contribution in [0.15, 0.2) is 24.5 Å². The van der Waals surface area contributed by atoms with Crippen molar-refractivity contribution in [1.29, 1.82) is 5.26 Å². The van der Waals surface area contributed by atoms with Gasteiger partial charge < -0.3 is 10.0 Å². The number of aromatic nitrogens is 2. The SMILES string of the molecule is N#CCCN(Cc1cccnc1)c1nc(Cl)c(C(=O)O)s1. The number of pyridine rings is 1. The topological polar surface area (TPSA) is 90.1 Å². The summed E-state index contributed by atoms with van der Waals surface area (Å²) in [5.41, 5.74) is 0.943. The first-order chi connectivity index (χ1) is 10.1. The number of nitriles is 1. The Kier molecular flexibility index (Phi) is 5.09. The maximum Gasteiger partial charge on any atom is 0.349 e. The zero-order valence-corrected chi connectivity index (χ0v) is 12.4. The van der Waals surface area contributed by atoms with E-state index in [0.717, 1.165) is 16.9 Å². The summed E-state index contributed by atoms with van der Waals surface area (Å²) in [6, 6.07) is 5.79. The molecular formula is C13H11ClN4O2S. The van der Waals surface area contributed by atoms with Crippen molar-refractivity contribution in [3.8, 4) is 6.07 Å². The van der Waals surface area contributed by atoms with E-state index >= 15 is 0 Å². The predicted octanol–water partition coefficient (Wildman–Crippen LogP) is 2.81. The van der Waals surface area contributed by atoms with Crippen LogP contribution in [0.25, 0.3) is 0 Å². The van der Waals surface area contributed by atoms with E-state index in [4.69, 9.17) is 22.0 Å². The summed E-state index contributed by atoms with van der Waals surface area (Å²) in [4.78, 5) is 21.0. The molecule has 0 saturated carbocycles. The van der Waals surface area contributed by atoms with Gasteiger partial charge in [0, 0.05) is 25.5 Å². The summed E-state index contributed by atoms with van der Waals surface area (Å²) in [5.74, 6) is -1.11. The highest BCUT2D eigenvalue weighted by atomic mass is 35.5. The van der Waals surface area contributed by atoms with E-state index in [2.05, 4.69) is 16.0 Å². The van der Waals surface area contributed by atoms with E-state index in [9.17, 15) is 4.79 Å². The number of carboxylic acid groups (broad SMARTS) is 1. The van der Waals surface area contributed by atoms with Crippen molar-refractivity contribution in [2.75, 3.05) is 11.4 Å². The van der Waals surface area contributed by atoms with E-state index in [-0.39, 0.29) is 10.0 Å². The Hall–Kier alpha value is -2.17. The zero-order valence-electron chi connectivity index (χ0n) is 10.9. The first-order valence-corrected chi connectivity index (χ1v) is 7.21. The highest BCUT2D eigenvalue weighted by molar-refractivity contribution is 7.18. The van der Waals surface area contributed by atoms with Gasteiger partial charge in [0.2, 0.25) is 0 Å². The standard InChI is InChI=1S/C13H11ClN4O2S/c14-11-10(12(19)20)21-13(17-11)18(6-2-4-15)8-9-3-1-5-16-7-9/h1,3,5,7H,2,6,8H2,(H,19,20). The lowest BCUT2D eigenvalue weighted by Crippen LogP contribution is -2.23. The second-order valence-corrected chi connectivity index (χ2v) is 5.45. The van der Waals surface area contributed by atoms with Gasteiger partial charge in [-0.15, -0.1) is 0 Å². The van der Waals surface area contributed by atoms with Gasteiger partial charge in [0.1, 0.15) is 0 Å². The molecule has 0 saturated heterocycles. The lowest BCUT2D eigenvalue weighted by atomic mass is 10.2. The van der Waals surface area contributed by atoms with Crippen LogP contribution in [-0.2, 0) is 6.54 Å². The van der Waals surface area contributed by atoms with Gasteiger partial charge in [0.05, 0.1) is 12.5 Å². The molecule has 108 valence electrons. The van der Waals surface area contributed by atoms with Crippen LogP contribution in [0.2, 0.25) is 5.15 Å². The molecule has 2 heterocycles. The average Bonchev–Trinajstić information content (AvgIpc) is 2.86. The zero-order chi connectivity index (χ0) is 15.2. The van der Waals surface area contributed by atoms with Gasteiger partial charge in [-0.3, -0.25) is 4.98 Å². The molecule has 0 unspecified atom stereocenters. The lowest BCUT2D eigenvalue weighted by Gasteiger charge is -2.20. The minimum Gasteiger partial charge on any atom is -0.477 e. The summed E-state index contributed by atoms with van der Waals surface area (Å²) in [5, 5.41) is 18.2. The van der Waals surface area contributed by atoms with Crippen LogP contribution < -0.4 is 4.90 Å². The number of anilines is 1. The minimum atomic E-state index is -1.11. The number of thiazole rings is 1. The molecule has 0 fully saturated rings. The summed E-state index contributed by atoms with van der Waals surface area (Å²) < 4.78 is 0. The highest BCUT2D eigenvalue weighted by Gasteiger charge is 2.19. The molecule has 6 nitrogen and oxygen atoms in total. The molecule has 0 spiro atoms. The number of hydrogen-bond acceptors (Lipinski definition) is 6. The molecule has 8 heteroatoms. The van der Waals surface area contributed by atoms with Gasteiger partial charge in [0.15, 0.2) is 15.2 Å². The van der Waals surface area contributed by atoms with Crippen molar-refractivity contribution in [2.24, 2.45) is 0 Å². The largest absolute Gasteiger partial charge is 0.477 e. The van der Waals surface area contributed by atoms with E-state index in [1.165, 1.54) is 0 Å². The fourth-order valence-electron chi connectivity index (χ4n) is 1.70. The third-order valence-electron chi connectivity index (χ3n) is 2.63. The molecule has 21 heavy (non-hydrogen) atoms. The number of aromatic carboxylic acids is 1. The van der Waals surface area contributed by atoms with Gasteiger partial charge >= 0.3 is 5.97 Å². The predicted molar refractivity (Wildman–Crippen MR) is 79.6 cm³/mol. The van der Waals surface area contributed by atoms with Crippen molar-refractivity contribution in [3.05, 3.63) is 40.1 Å². The first-order valence-electron chi connectivity index (χ1n) is 6.02. The van der Waals surface area contributed by atoms with E-state index in [1.54, 1.807) is 12.4 Å². The molecule has 2 aromatic heterocycles. The van der Waals surface area contributed by atoms with Crippen molar-refractivity contribution < 1.29 is 9.90 Å². The van der Waals surface area contributed by atoms with Crippen LogP contribution >= 0.6 is 22.9 Å². The van der Waals surface area contributed by atoms with Crippen molar-refractivity contribution in [2.45, 2.75) is 13.0 Å². The average molecular weight is 323 g/mol. The molecule has 0 atom stereocenters. The van der Waals surface area contributed by atoms with Crippen molar-refractivity contribution >= 4 is 34.0 Å². The Bertz CT molecular complexity index is 669. The highest BCUT2D eigenvalue weighted by Crippen LogP contribution is 2.30. The Labute approximate surface area is 130 Å². The second-order valence-electron chi connectivity index (χ2n) is 4.11. The maximum atomic E-state index is 11.0. The number of halogens is 1. The Balaban J connectivity index is 2.25. The van der Waals surface area contributed by atoms with E-state index < -0.39 is 5.97 Å². The van der Waals surface area contributed by atoms with Crippen LogP contribution in [0.5, 0.6) is 0 Å². The fourth-order valence-corrected chi connectivity index (χ4v) is 2.85. The number of rotatable bonds is 6. The Morgan fingerprint density at radius 3 is 2.95 bits per heavy atom. The molecule has 0 aliphatic heterocycles. The monoisotopic (exact) mass is 322 g/mol. The number of nitrogens with zero attached hydrogens (tertiary/aromatic N) is 4. The smallest absolute Gasteiger partial charge is 0.349 e. The molecule has 2 rings (SSSR count). The van der Waals surface area contributed by atoms with E-state index in [1.807, 2.05) is 17.0 Å². The number of hydrogen-bond donors (Lipinski definition) is 1. The third kappa shape index (κ3) is 3.90. The van der Waals surface area contributed by atoms with Crippen LogP contribution in [0, 0.1) is 11.3 Å². The van der Waals surface area contributed by atoms with Crippen molar-refractivity contribution in [3.63, 3.8) is 0 Å². The lowest BCUT2D eigenvalue weighted by molar-refractivity contribution is 0.0702. The third-order valence-corrected chi connectivity index (χ3v) is 4.12. The number of carbonyl (C=O) groups is 1. The molecule has 0 amide bonds. The quantitative estimate of drug-likeness (QED) is 0.879. The molecule has 0 bridgehead atoms. The molecule has 0 radical (unpaired) electrons. The molecular weight excluding hydrogens is 312 g/mol. The summed E-state index contributed by atoms with van der Waals surface area (Å²) in [7, 11) is 0. The molecule has 0 aliphatic rings. The molecule has 0 aromatic carbocycles. The maximum absolute atomic E-state index is 11.0. The van der Waals surface area contributed by atoms with E-state index in [0.29, 0.717) is 24.6 Å². The summed E-state index contributed by atoms with van der Waals surface area (Å²) in [6.07, 6.45) is 3.69. The van der Waals surface area contributed by atoms with Gasteiger partial charge in [0.25, 0.3) is 0 Å². The molecule has 0 aliphatic carbocycles. The normalized spacial score (nSPS) is 10.1. The molecule has 2 aromatic rings. The van der Waals surface area contributed by atoms with Gasteiger partial charge in [-0.2, -0.15) is 5.26 Å². The van der Waals surface area contributed by atoms with Crippen LogP contribution in [-0.4, -0.2) is 27.6 Å². The van der Waals surface area contributed by atoms with Gasteiger partial charge in [-0.05, 0) is 11.6 Å². The van der Waals surface area contributed by atoms with Crippen LogP contribution in [0.3, 0.4) is 0 Å². The first kappa shape index (κ1) is 15.2.